The maximum atomic E-state index is 12.3. The zero-order chi connectivity index (χ0) is 18.4. The van der Waals surface area contributed by atoms with Gasteiger partial charge in [0.1, 0.15) is 0 Å². The number of amides is 3. The molecule has 1 aliphatic rings. The summed E-state index contributed by atoms with van der Waals surface area (Å²) >= 11 is 7.87. The van der Waals surface area contributed by atoms with Crippen molar-refractivity contribution in [2.24, 2.45) is 0 Å². The van der Waals surface area contributed by atoms with Crippen LogP contribution in [0.4, 0.5) is 4.79 Å². The first-order chi connectivity index (χ1) is 12.6. The van der Waals surface area contributed by atoms with Gasteiger partial charge in [0.15, 0.2) is 0 Å². The molecule has 2 heterocycles. The first kappa shape index (κ1) is 21.7. The van der Waals surface area contributed by atoms with Crippen LogP contribution in [0.25, 0.3) is 0 Å². The van der Waals surface area contributed by atoms with Gasteiger partial charge in [-0.1, -0.05) is 35.9 Å². The summed E-state index contributed by atoms with van der Waals surface area (Å²) in [7, 11) is 0. The molecule has 0 radical (unpaired) electrons. The van der Waals surface area contributed by atoms with Crippen molar-refractivity contribution in [3.05, 3.63) is 57.2 Å². The molecule has 146 valence electrons. The fourth-order valence-electron chi connectivity index (χ4n) is 2.96. The van der Waals surface area contributed by atoms with Crippen LogP contribution in [0.3, 0.4) is 0 Å². The predicted octanol–water partition coefficient (Wildman–Crippen LogP) is 2.80. The van der Waals surface area contributed by atoms with E-state index in [1.54, 1.807) is 11.3 Å². The smallest absolute Gasteiger partial charge is 0.321 e. The number of benzene rings is 1. The second kappa shape index (κ2) is 10.6. The average molecular weight is 429 g/mol. The van der Waals surface area contributed by atoms with Gasteiger partial charge in [0.2, 0.25) is 5.91 Å². The van der Waals surface area contributed by atoms with Crippen molar-refractivity contribution in [1.29, 1.82) is 0 Å². The Morgan fingerprint density at radius 1 is 1.26 bits per heavy atom. The van der Waals surface area contributed by atoms with E-state index in [2.05, 4.69) is 16.0 Å². The molecule has 1 atom stereocenters. The molecule has 2 aromatic rings. The standard InChI is InChI=1S/C18H21ClN4O2S.ClH/c19-15-6-2-1-5-14(15)16-11-20-7-8-23(16)12-17(24)22-18(25)21-10-13-4-3-9-26-13;/h1-6,9,16,20H,7-8,10-12H2,(H2,21,22,24,25);1H. The number of imide groups is 1. The zero-order valence-electron chi connectivity index (χ0n) is 14.6. The minimum Gasteiger partial charge on any atom is -0.333 e. The number of rotatable bonds is 5. The summed E-state index contributed by atoms with van der Waals surface area (Å²) < 4.78 is 0. The van der Waals surface area contributed by atoms with Crippen LogP contribution < -0.4 is 16.0 Å². The number of nitrogens with zero attached hydrogens (tertiary/aromatic N) is 1. The molecule has 1 aromatic heterocycles. The normalized spacial score (nSPS) is 17.0. The van der Waals surface area contributed by atoms with E-state index in [0.717, 1.165) is 17.0 Å². The molecule has 1 unspecified atom stereocenters. The van der Waals surface area contributed by atoms with Crippen LogP contribution in [-0.2, 0) is 11.3 Å². The SMILES string of the molecule is Cl.O=C(CN1CCNCC1c1ccccc1Cl)NC(=O)NCc1cccs1. The minimum atomic E-state index is -0.479. The van der Waals surface area contributed by atoms with Crippen LogP contribution in [0.5, 0.6) is 0 Å². The summed E-state index contributed by atoms with van der Waals surface area (Å²) in [6.07, 6.45) is 0. The molecule has 1 fully saturated rings. The largest absolute Gasteiger partial charge is 0.333 e. The van der Waals surface area contributed by atoms with Gasteiger partial charge in [-0.3, -0.25) is 15.0 Å². The molecule has 3 N–H and O–H groups in total. The third kappa shape index (κ3) is 6.19. The lowest BCUT2D eigenvalue weighted by Gasteiger charge is -2.36. The minimum absolute atomic E-state index is 0. The van der Waals surface area contributed by atoms with Crippen LogP contribution in [0.15, 0.2) is 41.8 Å². The van der Waals surface area contributed by atoms with Gasteiger partial charge in [0, 0.05) is 35.6 Å². The van der Waals surface area contributed by atoms with Crippen molar-refractivity contribution in [3.63, 3.8) is 0 Å². The molecule has 1 aromatic carbocycles. The summed E-state index contributed by atoms with van der Waals surface area (Å²) in [5, 5.41) is 11.0. The van der Waals surface area contributed by atoms with Crippen LogP contribution in [-0.4, -0.2) is 43.0 Å². The molecule has 3 amide bonds. The van der Waals surface area contributed by atoms with Gasteiger partial charge in [-0.05, 0) is 23.1 Å². The predicted molar refractivity (Wildman–Crippen MR) is 111 cm³/mol. The molecule has 1 saturated heterocycles. The number of urea groups is 1. The maximum absolute atomic E-state index is 12.3. The Bertz CT molecular complexity index is 758. The highest BCUT2D eigenvalue weighted by Gasteiger charge is 2.27. The highest BCUT2D eigenvalue weighted by molar-refractivity contribution is 7.09. The molecule has 1 aliphatic heterocycles. The number of carbonyl (C=O) groups excluding carboxylic acids is 2. The van der Waals surface area contributed by atoms with Crippen molar-refractivity contribution in [1.82, 2.24) is 20.9 Å². The zero-order valence-corrected chi connectivity index (χ0v) is 17.0. The Hall–Kier alpha value is -1.64. The van der Waals surface area contributed by atoms with E-state index >= 15 is 0 Å². The summed E-state index contributed by atoms with van der Waals surface area (Å²) in [6.45, 7) is 2.76. The quantitative estimate of drug-likeness (QED) is 0.684. The summed E-state index contributed by atoms with van der Waals surface area (Å²) in [5.74, 6) is -0.326. The van der Waals surface area contributed by atoms with Crippen LogP contribution >= 0.6 is 35.3 Å². The van der Waals surface area contributed by atoms with Gasteiger partial charge in [-0.25, -0.2) is 4.79 Å². The van der Waals surface area contributed by atoms with Gasteiger partial charge in [0.05, 0.1) is 13.1 Å². The van der Waals surface area contributed by atoms with Crippen molar-refractivity contribution in [2.45, 2.75) is 12.6 Å². The monoisotopic (exact) mass is 428 g/mol. The highest BCUT2D eigenvalue weighted by atomic mass is 35.5. The van der Waals surface area contributed by atoms with E-state index in [0.29, 0.717) is 24.7 Å². The third-order valence-corrected chi connectivity index (χ3v) is 5.44. The Morgan fingerprint density at radius 3 is 2.81 bits per heavy atom. The number of carbonyl (C=O) groups is 2. The van der Waals surface area contributed by atoms with E-state index in [4.69, 9.17) is 11.6 Å². The lowest BCUT2D eigenvalue weighted by Crippen LogP contribution is -2.51. The topological polar surface area (TPSA) is 73.5 Å². The highest BCUT2D eigenvalue weighted by Crippen LogP contribution is 2.28. The molecule has 0 bridgehead atoms. The molecule has 0 aliphatic carbocycles. The van der Waals surface area contributed by atoms with Crippen LogP contribution in [0.2, 0.25) is 5.02 Å². The lowest BCUT2D eigenvalue weighted by atomic mass is 10.0. The Balaban J connectivity index is 0.00000261. The number of hydrogen-bond acceptors (Lipinski definition) is 5. The van der Waals surface area contributed by atoms with Crippen LogP contribution in [0.1, 0.15) is 16.5 Å². The molecule has 0 spiro atoms. The van der Waals surface area contributed by atoms with Gasteiger partial charge >= 0.3 is 6.03 Å². The lowest BCUT2D eigenvalue weighted by molar-refractivity contribution is -0.122. The van der Waals surface area contributed by atoms with E-state index < -0.39 is 6.03 Å². The summed E-state index contributed by atoms with van der Waals surface area (Å²) in [6, 6.07) is 11.0. The molecule has 6 nitrogen and oxygen atoms in total. The summed E-state index contributed by atoms with van der Waals surface area (Å²) in [5.41, 5.74) is 0.983. The second-order valence-electron chi connectivity index (χ2n) is 6.02. The number of piperazine rings is 1. The third-order valence-electron chi connectivity index (χ3n) is 4.22. The molecule has 0 saturated carbocycles. The fourth-order valence-corrected chi connectivity index (χ4v) is 3.87. The Labute approximate surface area is 173 Å². The van der Waals surface area contributed by atoms with E-state index in [-0.39, 0.29) is 30.9 Å². The molecule has 27 heavy (non-hydrogen) atoms. The molecular formula is C18H22Cl2N4O2S. The molecular weight excluding hydrogens is 407 g/mol. The number of halogens is 2. The van der Waals surface area contributed by atoms with Crippen molar-refractivity contribution in [2.75, 3.05) is 26.2 Å². The fraction of sp³-hybridized carbons (Fsp3) is 0.333. The van der Waals surface area contributed by atoms with Crippen molar-refractivity contribution >= 4 is 47.3 Å². The Morgan fingerprint density at radius 2 is 2.07 bits per heavy atom. The maximum Gasteiger partial charge on any atom is 0.321 e. The van der Waals surface area contributed by atoms with E-state index in [9.17, 15) is 9.59 Å². The van der Waals surface area contributed by atoms with Crippen molar-refractivity contribution in [3.8, 4) is 0 Å². The first-order valence-corrected chi connectivity index (χ1v) is 9.68. The van der Waals surface area contributed by atoms with Gasteiger partial charge < -0.3 is 10.6 Å². The second-order valence-corrected chi connectivity index (χ2v) is 7.46. The Kier molecular flexibility index (Phi) is 8.53. The summed E-state index contributed by atoms with van der Waals surface area (Å²) in [4.78, 5) is 27.3. The number of nitrogens with one attached hydrogen (secondary N) is 3. The molecule has 9 heteroatoms. The van der Waals surface area contributed by atoms with Crippen molar-refractivity contribution < 1.29 is 9.59 Å². The van der Waals surface area contributed by atoms with Gasteiger partial charge in [0.25, 0.3) is 0 Å². The number of hydrogen-bond donors (Lipinski definition) is 3. The van der Waals surface area contributed by atoms with Crippen LogP contribution in [0, 0.1) is 0 Å². The average Bonchev–Trinajstić information content (AvgIpc) is 3.15. The first-order valence-electron chi connectivity index (χ1n) is 8.43. The van der Waals surface area contributed by atoms with Gasteiger partial charge in [-0.2, -0.15) is 0 Å². The number of thiophene rings is 1. The van der Waals surface area contributed by atoms with Gasteiger partial charge in [-0.15, -0.1) is 23.7 Å². The molecule has 3 rings (SSSR count). The van der Waals surface area contributed by atoms with E-state index in [1.165, 1.54) is 0 Å². The van der Waals surface area contributed by atoms with E-state index in [1.807, 2.05) is 46.7 Å².